The number of aliphatic hydroxyl groups is 1. The van der Waals surface area contributed by atoms with Gasteiger partial charge in [0, 0.05) is 17.9 Å². The molecule has 2 aromatic carbocycles. The highest BCUT2D eigenvalue weighted by Crippen LogP contribution is 2.25. The Balaban J connectivity index is 1.99. The summed E-state index contributed by atoms with van der Waals surface area (Å²) in [6, 6.07) is 18.9. The fourth-order valence-corrected chi connectivity index (χ4v) is 3.25. The molecule has 3 heteroatoms. The molecular weight excluding hydrogens is 327 g/mol. The van der Waals surface area contributed by atoms with Gasteiger partial charge in [-0.1, -0.05) is 61.5 Å². The molecule has 2 rings (SSSR count). The second-order valence-electron chi connectivity index (χ2n) is 6.20. The van der Waals surface area contributed by atoms with Gasteiger partial charge >= 0.3 is 0 Å². The molecule has 0 spiro atoms. The zero-order chi connectivity index (χ0) is 16.7. The van der Waals surface area contributed by atoms with E-state index in [4.69, 9.17) is 23.2 Å². The number of halogens is 2. The zero-order valence-electron chi connectivity index (χ0n) is 13.5. The predicted octanol–water partition coefficient (Wildman–Crippen LogP) is 5.38. The summed E-state index contributed by atoms with van der Waals surface area (Å²) in [5.74, 6) is 0.971. The first kappa shape index (κ1) is 18.3. The average Bonchev–Trinajstić information content (AvgIpc) is 2.61. The van der Waals surface area contributed by atoms with Crippen molar-refractivity contribution in [2.24, 2.45) is 11.8 Å². The number of hydrogen-bond donors (Lipinski definition) is 1. The third-order valence-corrected chi connectivity index (χ3v) is 5.39. The maximum Gasteiger partial charge on any atom is 0.0497 e. The SMILES string of the molecule is C[C@@H](C[C@@H](CO)Cc1ccc(-c2ccccc2)cc1)[C@@H](Cl)CCl. The van der Waals surface area contributed by atoms with Crippen LogP contribution in [0.2, 0.25) is 0 Å². The number of aliphatic hydroxyl groups excluding tert-OH is 1. The molecule has 2 aromatic rings. The van der Waals surface area contributed by atoms with Gasteiger partial charge in [-0.05, 0) is 41.4 Å². The van der Waals surface area contributed by atoms with E-state index in [1.807, 2.05) is 18.2 Å². The number of benzene rings is 2. The second kappa shape index (κ2) is 9.32. The number of rotatable bonds is 8. The van der Waals surface area contributed by atoms with Crippen molar-refractivity contribution in [1.29, 1.82) is 0 Å². The standard InChI is InChI=1S/C20H24Cl2O/c1-15(20(22)13-21)11-17(14-23)12-16-7-9-19(10-8-16)18-5-3-2-4-6-18/h2-10,15,17,20,23H,11-14H2,1H3/t15-,17+,20-/m0/s1. The lowest BCUT2D eigenvalue weighted by atomic mass is 9.89. The Labute approximate surface area is 149 Å². The van der Waals surface area contributed by atoms with Crippen LogP contribution in [-0.4, -0.2) is 23.0 Å². The van der Waals surface area contributed by atoms with Gasteiger partial charge in [0.25, 0.3) is 0 Å². The van der Waals surface area contributed by atoms with Crippen LogP contribution in [0.5, 0.6) is 0 Å². The summed E-state index contributed by atoms with van der Waals surface area (Å²) < 4.78 is 0. The molecule has 0 bridgehead atoms. The van der Waals surface area contributed by atoms with Crippen molar-refractivity contribution in [2.45, 2.75) is 25.1 Å². The molecule has 0 radical (unpaired) electrons. The first-order valence-electron chi connectivity index (χ1n) is 8.09. The van der Waals surface area contributed by atoms with Crippen LogP contribution < -0.4 is 0 Å². The van der Waals surface area contributed by atoms with E-state index in [2.05, 4.69) is 43.3 Å². The molecular formula is C20H24Cl2O. The summed E-state index contributed by atoms with van der Waals surface area (Å²) in [5, 5.41) is 9.61. The van der Waals surface area contributed by atoms with E-state index in [9.17, 15) is 5.11 Å². The third kappa shape index (κ3) is 5.53. The van der Waals surface area contributed by atoms with Crippen molar-refractivity contribution in [3.8, 4) is 11.1 Å². The number of alkyl halides is 2. The van der Waals surface area contributed by atoms with Gasteiger partial charge in [-0.2, -0.15) is 0 Å². The molecule has 0 fully saturated rings. The predicted molar refractivity (Wildman–Crippen MR) is 100 cm³/mol. The van der Waals surface area contributed by atoms with Crippen molar-refractivity contribution in [3.05, 3.63) is 60.2 Å². The molecule has 1 nitrogen and oxygen atoms in total. The van der Waals surface area contributed by atoms with Gasteiger partial charge in [-0.25, -0.2) is 0 Å². The quantitative estimate of drug-likeness (QED) is 0.634. The van der Waals surface area contributed by atoms with Gasteiger partial charge in [-0.15, -0.1) is 23.2 Å². The average molecular weight is 351 g/mol. The maximum absolute atomic E-state index is 9.65. The van der Waals surface area contributed by atoms with Gasteiger partial charge in [0.15, 0.2) is 0 Å². The van der Waals surface area contributed by atoms with Gasteiger partial charge in [0.05, 0.1) is 0 Å². The van der Waals surface area contributed by atoms with Gasteiger partial charge in [0.2, 0.25) is 0 Å². The van der Waals surface area contributed by atoms with E-state index in [0.717, 1.165) is 12.8 Å². The minimum atomic E-state index is -0.0360. The largest absolute Gasteiger partial charge is 0.396 e. The summed E-state index contributed by atoms with van der Waals surface area (Å²) in [5.41, 5.74) is 3.68. The Kier molecular flexibility index (Phi) is 7.42. The Morgan fingerprint density at radius 3 is 2.13 bits per heavy atom. The van der Waals surface area contributed by atoms with Crippen LogP contribution in [-0.2, 0) is 6.42 Å². The molecule has 0 unspecified atom stereocenters. The lowest BCUT2D eigenvalue weighted by molar-refractivity contribution is 0.202. The van der Waals surface area contributed by atoms with E-state index in [-0.39, 0.29) is 17.9 Å². The summed E-state index contributed by atoms with van der Waals surface area (Å²) in [6.45, 7) is 2.28. The van der Waals surface area contributed by atoms with Gasteiger partial charge in [0.1, 0.15) is 0 Å². The molecule has 0 aliphatic rings. The molecule has 1 N–H and O–H groups in total. The number of hydrogen-bond acceptors (Lipinski definition) is 1. The summed E-state index contributed by atoms with van der Waals surface area (Å²) in [7, 11) is 0. The van der Waals surface area contributed by atoms with Crippen molar-refractivity contribution in [3.63, 3.8) is 0 Å². The van der Waals surface area contributed by atoms with Crippen molar-refractivity contribution >= 4 is 23.2 Å². The van der Waals surface area contributed by atoms with E-state index in [1.165, 1.54) is 16.7 Å². The summed E-state index contributed by atoms with van der Waals surface area (Å²) in [4.78, 5) is 0. The van der Waals surface area contributed by atoms with E-state index < -0.39 is 0 Å². The van der Waals surface area contributed by atoms with Crippen molar-refractivity contribution in [1.82, 2.24) is 0 Å². The van der Waals surface area contributed by atoms with E-state index >= 15 is 0 Å². The van der Waals surface area contributed by atoms with E-state index in [0.29, 0.717) is 11.8 Å². The molecule has 0 saturated heterocycles. The third-order valence-electron chi connectivity index (χ3n) is 4.31. The molecule has 124 valence electrons. The summed E-state index contributed by atoms with van der Waals surface area (Å²) >= 11 is 12.0. The first-order chi connectivity index (χ1) is 11.1. The van der Waals surface area contributed by atoms with Crippen LogP contribution in [0.25, 0.3) is 11.1 Å². The minimum absolute atomic E-state index is 0.0360. The molecule has 0 aliphatic heterocycles. The van der Waals surface area contributed by atoms with Gasteiger partial charge < -0.3 is 5.11 Å². The molecule has 3 atom stereocenters. The fourth-order valence-electron chi connectivity index (χ4n) is 2.85. The zero-order valence-corrected chi connectivity index (χ0v) is 15.0. The molecule has 0 aromatic heterocycles. The topological polar surface area (TPSA) is 20.2 Å². The monoisotopic (exact) mass is 350 g/mol. The maximum atomic E-state index is 9.65. The van der Waals surface area contributed by atoms with Crippen LogP contribution in [0.4, 0.5) is 0 Å². The van der Waals surface area contributed by atoms with Gasteiger partial charge in [-0.3, -0.25) is 0 Å². The van der Waals surface area contributed by atoms with Crippen LogP contribution >= 0.6 is 23.2 Å². The van der Waals surface area contributed by atoms with Crippen LogP contribution in [0.15, 0.2) is 54.6 Å². The molecule has 0 amide bonds. The summed E-state index contributed by atoms with van der Waals surface area (Å²) in [6.07, 6.45) is 1.75. The smallest absolute Gasteiger partial charge is 0.0497 e. The van der Waals surface area contributed by atoms with Crippen LogP contribution in [0.3, 0.4) is 0 Å². The Morgan fingerprint density at radius 2 is 1.57 bits per heavy atom. The Bertz CT molecular complexity index is 568. The molecule has 0 heterocycles. The molecule has 0 saturated carbocycles. The lowest BCUT2D eigenvalue weighted by Gasteiger charge is -2.22. The second-order valence-corrected chi connectivity index (χ2v) is 7.07. The normalized spacial score (nSPS) is 15.1. The first-order valence-corrected chi connectivity index (χ1v) is 9.06. The van der Waals surface area contributed by atoms with Crippen molar-refractivity contribution in [2.75, 3.05) is 12.5 Å². The minimum Gasteiger partial charge on any atom is -0.396 e. The molecule has 23 heavy (non-hydrogen) atoms. The highest BCUT2D eigenvalue weighted by molar-refractivity contribution is 6.28. The lowest BCUT2D eigenvalue weighted by Crippen LogP contribution is -2.20. The van der Waals surface area contributed by atoms with Crippen molar-refractivity contribution < 1.29 is 5.11 Å². The molecule has 0 aliphatic carbocycles. The Hall–Kier alpha value is -1.02. The highest BCUT2D eigenvalue weighted by Gasteiger charge is 2.19. The fraction of sp³-hybridized carbons (Fsp3) is 0.400. The highest BCUT2D eigenvalue weighted by atomic mass is 35.5. The van der Waals surface area contributed by atoms with Crippen LogP contribution in [0.1, 0.15) is 18.9 Å². The Morgan fingerprint density at radius 1 is 0.957 bits per heavy atom. The van der Waals surface area contributed by atoms with E-state index in [1.54, 1.807) is 0 Å². The van der Waals surface area contributed by atoms with Crippen LogP contribution in [0, 0.1) is 11.8 Å².